The molecule has 3 aromatic rings. The Kier molecular flexibility index (Phi) is 3.80. The number of carbonyl (C=O) groups excluding carboxylic acids is 1. The fourth-order valence-corrected chi connectivity index (χ4v) is 2.45. The molecule has 22 heavy (non-hydrogen) atoms. The molecule has 0 saturated heterocycles. The predicted molar refractivity (Wildman–Crippen MR) is 89.5 cm³/mol. The topological polar surface area (TPSA) is 54.9 Å². The van der Waals surface area contributed by atoms with Crippen LogP contribution in [0.25, 0.3) is 17.0 Å². The maximum Gasteiger partial charge on any atom is 0.269 e. The summed E-state index contributed by atoms with van der Waals surface area (Å²) in [5.74, 6) is -0.471. The zero-order chi connectivity index (χ0) is 15.5. The lowest BCUT2D eigenvalue weighted by Crippen LogP contribution is -2.27. The molecule has 0 aliphatic heterocycles. The van der Waals surface area contributed by atoms with Crippen LogP contribution >= 0.6 is 12.2 Å². The highest BCUT2D eigenvalue weighted by molar-refractivity contribution is 7.71. The van der Waals surface area contributed by atoms with E-state index >= 15 is 0 Å². The van der Waals surface area contributed by atoms with Gasteiger partial charge in [-0.25, -0.2) is 4.57 Å². The van der Waals surface area contributed by atoms with Gasteiger partial charge in [-0.1, -0.05) is 42.5 Å². The number of aromatic nitrogens is 2. The van der Waals surface area contributed by atoms with Crippen molar-refractivity contribution in [3.8, 4) is 0 Å². The lowest BCUT2D eigenvalue weighted by atomic mass is 10.2. The van der Waals surface area contributed by atoms with Crippen LogP contribution in [-0.2, 0) is 0 Å². The molecule has 0 bridgehead atoms. The van der Waals surface area contributed by atoms with Gasteiger partial charge >= 0.3 is 0 Å². The van der Waals surface area contributed by atoms with Crippen LogP contribution in [0.15, 0.2) is 65.5 Å². The van der Waals surface area contributed by atoms with E-state index in [-0.39, 0.29) is 4.77 Å². The number of benzene rings is 2. The number of H-pyrrole nitrogens is 1. The minimum absolute atomic E-state index is 0.0893. The highest BCUT2D eigenvalue weighted by atomic mass is 32.1. The molecule has 3 rings (SSSR count). The Hall–Kier alpha value is -2.79. The van der Waals surface area contributed by atoms with Gasteiger partial charge in [0.15, 0.2) is 4.77 Å². The summed E-state index contributed by atoms with van der Waals surface area (Å²) in [6.07, 6.45) is 2.99. The van der Waals surface area contributed by atoms with Gasteiger partial charge in [-0.05, 0) is 36.0 Å². The number of carbonyl (C=O) groups is 1. The molecule has 2 aromatic carbocycles. The van der Waals surface area contributed by atoms with Gasteiger partial charge in [0.05, 0.1) is 10.9 Å². The maximum atomic E-state index is 12.4. The minimum atomic E-state index is -0.471. The molecule has 0 spiro atoms. The summed E-state index contributed by atoms with van der Waals surface area (Å²) in [7, 11) is 0. The van der Waals surface area contributed by atoms with E-state index in [1.807, 2.05) is 30.3 Å². The van der Waals surface area contributed by atoms with Crippen LogP contribution in [0.5, 0.6) is 0 Å². The van der Waals surface area contributed by atoms with E-state index in [9.17, 15) is 9.59 Å². The van der Waals surface area contributed by atoms with E-state index in [4.69, 9.17) is 12.2 Å². The lowest BCUT2D eigenvalue weighted by Gasteiger charge is -2.04. The molecule has 0 atom stereocenters. The number of fused-ring (bicyclic) bond motifs is 1. The number of nitrogens with zero attached hydrogens (tertiary/aromatic N) is 1. The highest BCUT2D eigenvalue weighted by Gasteiger charge is 2.09. The fraction of sp³-hybridized carbons (Fsp3) is 0. The fourth-order valence-electron chi connectivity index (χ4n) is 2.17. The zero-order valence-electron chi connectivity index (χ0n) is 11.5. The molecule has 0 radical (unpaired) electrons. The Morgan fingerprint density at radius 1 is 1.05 bits per heavy atom. The molecule has 5 heteroatoms. The smallest absolute Gasteiger partial charge is 0.269 e. The molecular formula is C17H12N2O2S. The van der Waals surface area contributed by atoms with Gasteiger partial charge in [0.25, 0.3) is 11.5 Å². The van der Waals surface area contributed by atoms with Crippen LogP contribution in [0, 0.1) is 4.77 Å². The summed E-state index contributed by atoms with van der Waals surface area (Å²) in [5.41, 5.74) is 1.08. The van der Waals surface area contributed by atoms with Crippen molar-refractivity contribution < 1.29 is 4.79 Å². The minimum Gasteiger partial charge on any atom is -0.331 e. The Balaban J connectivity index is 2.07. The SMILES string of the molecule is O=C(/C=C/c1ccccc1)n1c(=S)[nH]c2ccccc2c1=O. The standard InChI is InChI=1S/C17H12N2O2S/c20-15(11-10-12-6-2-1-3-7-12)19-16(21)13-8-4-5-9-14(13)18-17(19)22/h1-11H,(H,18,22)/b11-10+. The molecule has 1 aromatic heterocycles. The summed E-state index contributed by atoms with van der Waals surface area (Å²) in [5, 5.41) is 0.428. The van der Waals surface area contributed by atoms with Gasteiger partial charge in [-0.15, -0.1) is 0 Å². The van der Waals surface area contributed by atoms with E-state index < -0.39 is 11.5 Å². The average Bonchev–Trinajstić information content (AvgIpc) is 2.54. The zero-order valence-corrected chi connectivity index (χ0v) is 12.3. The molecule has 0 fully saturated rings. The van der Waals surface area contributed by atoms with Crippen molar-refractivity contribution in [3.63, 3.8) is 0 Å². The summed E-state index contributed by atoms with van der Waals surface area (Å²) in [6.45, 7) is 0. The number of allylic oxidation sites excluding steroid dienone is 1. The number of hydrogen-bond donors (Lipinski definition) is 1. The second-order valence-corrected chi connectivity index (χ2v) is 5.09. The summed E-state index contributed by atoms with van der Waals surface area (Å²) in [6, 6.07) is 16.3. The first-order valence-corrected chi connectivity index (χ1v) is 7.09. The van der Waals surface area contributed by atoms with Crippen LogP contribution < -0.4 is 5.56 Å². The van der Waals surface area contributed by atoms with Crippen molar-refractivity contribution in [2.75, 3.05) is 0 Å². The number of hydrogen-bond acceptors (Lipinski definition) is 3. The van der Waals surface area contributed by atoms with E-state index in [0.29, 0.717) is 10.9 Å². The normalized spacial score (nSPS) is 11.1. The molecule has 108 valence electrons. The maximum absolute atomic E-state index is 12.4. The van der Waals surface area contributed by atoms with Gasteiger partial charge < -0.3 is 4.98 Å². The van der Waals surface area contributed by atoms with Gasteiger partial charge in [-0.3, -0.25) is 9.59 Å². The van der Waals surface area contributed by atoms with Gasteiger partial charge in [0, 0.05) is 6.08 Å². The molecule has 4 nitrogen and oxygen atoms in total. The molecule has 0 saturated carbocycles. The number of aromatic amines is 1. The predicted octanol–water partition coefficient (Wildman–Crippen LogP) is 3.41. The molecule has 1 N–H and O–H groups in total. The second-order valence-electron chi connectivity index (χ2n) is 4.70. The quantitative estimate of drug-likeness (QED) is 0.583. The van der Waals surface area contributed by atoms with E-state index in [2.05, 4.69) is 4.98 Å². The molecular weight excluding hydrogens is 296 g/mol. The molecule has 0 aliphatic rings. The van der Waals surface area contributed by atoms with E-state index in [1.54, 1.807) is 30.3 Å². The van der Waals surface area contributed by atoms with E-state index in [1.165, 1.54) is 6.08 Å². The van der Waals surface area contributed by atoms with Crippen LogP contribution in [0.4, 0.5) is 0 Å². The molecule has 0 aliphatic carbocycles. The molecule has 1 heterocycles. The second kappa shape index (κ2) is 5.91. The Bertz CT molecular complexity index is 985. The monoisotopic (exact) mass is 308 g/mol. The van der Waals surface area contributed by atoms with Gasteiger partial charge in [0.1, 0.15) is 0 Å². The van der Waals surface area contributed by atoms with Crippen LogP contribution in [0.2, 0.25) is 0 Å². The Morgan fingerprint density at radius 3 is 2.50 bits per heavy atom. The van der Waals surface area contributed by atoms with Crippen LogP contribution in [0.1, 0.15) is 10.4 Å². The largest absolute Gasteiger partial charge is 0.331 e. The number of rotatable bonds is 2. The number of nitrogens with one attached hydrogen (secondary N) is 1. The third-order valence-corrected chi connectivity index (χ3v) is 3.53. The summed E-state index contributed by atoms with van der Waals surface area (Å²) >= 11 is 5.13. The molecule has 0 amide bonds. The van der Waals surface area contributed by atoms with Gasteiger partial charge in [-0.2, -0.15) is 0 Å². The van der Waals surface area contributed by atoms with Crippen molar-refractivity contribution in [2.45, 2.75) is 0 Å². The first kappa shape index (κ1) is 14.2. The van der Waals surface area contributed by atoms with Crippen molar-refractivity contribution >= 4 is 35.1 Å². The Labute approximate surface area is 131 Å². The van der Waals surface area contributed by atoms with Crippen molar-refractivity contribution in [1.82, 2.24) is 9.55 Å². The van der Waals surface area contributed by atoms with Crippen molar-refractivity contribution in [2.24, 2.45) is 0 Å². The van der Waals surface area contributed by atoms with Crippen molar-refractivity contribution in [3.05, 3.63) is 81.4 Å². The Morgan fingerprint density at radius 2 is 1.73 bits per heavy atom. The average molecular weight is 308 g/mol. The summed E-state index contributed by atoms with van der Waals surface area (Å²) in [4.78, 5) is 27.6. The van der Waals surface area contributed by atoms with Gasteiger partial charge in [0.2, 0.25) is 0 Å². The van der Waals surface area contributed by atoms with Crippen LogP contribution in [0.3, 0.4) is 0 Å². The third-order valence-electron chi connectivity index (χ3n) is 3.24. The van der Waals surface area contributed by atoms with Crippen LogP contribution in [-0.4, -0.2) is 15.5 Å². The first-order chi connectivity index (χ1) is 10.7. The van der Waals surface area contributed by atoms with E-state index in [0.717, 1.165) is 10.1 Å². The molecule has 0 unspecified atom stereocenters. The van der Waals surface area contributed by atoms with Crippen molar-refractivity contribution in [1.29, 1.82) is 0 Å². The number of para-hydroxylation sites is 1. The summed E-state index contributed by atoms with van der Waals surface area (Å²) < 4.78 is 1.06. The lowest BCUT2D eigenvalue weighted by molar-refractivity contribution is 0.0963. The third kappa shape index (κ3) is 2.66. The highest BCUT2D eigenvalue weighted by Crippen LogP contribution is 2.06. The first-order valence-electron chi connectivity index (χ1n) is 6.68.